The summed E-state index contributed by atoms with van der Waals surface area (Å²) in [6.45, 7) is 0.548. The predicted octanol–water partition coefficient (Wildman–Crippen LogP) is 1.58. The molecule has 3 rings (SSSR count). The number of ether oxygens (including phenoxy) is 1. The van der Waals surface area contributed by atoms with Gasteiger partial charge in [-0.3, -0.25) is 4.79 Å². The van der Waals surface area contributed by atoms with Crippen LogP contribution in [-0.2, 0) is 22.6 Å². The van der Waals surface area contributed by atoms with E-state index in [-0.39, 0.29) is 17.9 Å². The third-order valence-electron chi connectivity index (χ3n) is 3.60. The Bertz CT molecular complexity index is 805. The number of benzene rings is 1. The van der Waals surface area contributed by atoms with E-state index in [0.29, 0.717) is 30.4 Å². The van der Waals surface area contributed by atoms with Gasteiger partial charge in [0.15, 0.2) is 11.7 Å². The normalized spacial score (nSPS) is 14.8. The molecule has 24 heavy (non-hydrogen) atoms. The molecule has 1 aliphatic rings. The molecule has 1 unspecified atom stereocenters. The molecule has 0 saturated heterocycles. The fourth-order valence-corrected chi connectivity index (χ4v) is 2.41. The molecule has 2 N–H and O–H groups in total. The molecule has 0 spiro atoms. The van der Waals surface area contributed by atoms with E-state index in [1.807, 2.05) is 0 Å². The maximum absolute atomic E-state index is 13.8. The van der Waals surface area contributed by atoms with Crippen LogP contribution in [0.25, 0.3) is 0 Å². The van der Waals surface area contributed by atoms with Crippen molar-refractivity contribution in [3.8, 4) is 0 Å². The first kappa shape index (κ1) is 16.1. The van der Waals surface area contributed by atoms with Gasteiger partial charge in [-0.05, 0) is 6.07 Å². The summed E-state index contributed by atoms with van der Waals surface area (Å²) in [4.78, 5) is 23.7. The summed E-state index contributed by atoms with van der Waals surface area (Å²) in [5.74, 6) is -3.78. The van der Waals surface area contributed by atoms with Crippen molar-refractivity contribution in [2.45, 2.75) is 19.1 Å². The standard InChI is InChI=1S/C15H12F2N2O5/c16-7-1-2-8(10(17)5-7)13(15(21)22)18-14(20)12-9-6-23-4-3-11(9)24-19-12/h1-2,5,13H,3-4,6H2,(H,18,20)(H,21,22). The molecule has 2 heterocycles. The summed E-state index contributed by atoms with van der Waals surface area (Å²) in [7, 11) is 0. The number of aliphatic carboxylic acids is 1. The number of nitrogens with zero attached hydrogens (tertiary/aromatic N) is 1. The third kappa shape index (κ3) is 2.98. The van der Waals surface area contributed by atoms with Crippen LogP contribution in [0.3, 0.4) is 0 Å². The Hall–Kier alpha value is -2.81. The molecule has 126 valence electrons. The topological polar surface area (TPSA) is 102 Å². The highest BCUT2D eigenvalue weighted by Crippen LogP contribution is 2.23. The molecule has 0 saturated carbocycles. The zero-order valence-corrected chi connectivity index (χ0v) is 12.2. The van der Waals surface area contributed by atoms with Gasteiger partial charge in [-0.25, -0.2) is 13.6 Å². The molecule has 1 aromatic heterocycles. The zero-order chi connectivity index (χ0) is 17.3. The predicted molar refractivity (Wildman–Crippen MR) is 74.1 cm³/mol. The lowest BCUT2D eigenvalue weighted by atomic mass is 10.0. The first-order chi connectivity index (χ1) is 11.5. The molecule has 1 atom stereocenters. The molecule has 1 aromatic carbocycles. The second kappa shape index (κ2) is 6.36. The van der Waals surface area contributed by atoms with Gasteiger partial charge < -0.3 is 19.7 Å². The first-order valence-corrected chi connectivity index (χ1v) is 7.01. The highest BCUT2D eigenvalue weighted by Gasteiger charge is 2.30. The van der Waals surface area contributed by atoms with Crippen LogP contribution < -0.4 is 5.32 Å². The largest absolute Gasteiger partial charge is 0.479 e. The monoisotopic (exact) mass is 338 g/mol. The molecule has 2 aromatic rings. The Morgan fingerprint density at radius 2 is 2.12 bits per heavy atom. The Morgan fingerprint density at radius 1 is 1.33 bits per heavy atom. The molecular weight excluding hydrogens is 326 g/mol. The molecular formula is C15H12F2N2O5. The van der Waals surface area contributed by atoms with E-state index in [2.05, 4.69) is 10.5 Å². The van der Waals surface area contributed by atoms with Crippen molar-refractivity contribution in [1.29, 1.82) is 0 Å². The lowest BCUT2D eigenvalue weighted by Gasteiger charge is -2.16. The number of rotatable bonds is 4. The number of nitrogens with one attached hydrogen (secondary N) is 1. The smallest absolute Gasteiger partial charge is 0.331 e. The van der Waals surface area contributed by atoms with E-state index < -0.39 is 29.6 Å². The van der Waals surface area contributed by atoms with Crippen molar-refractivity contribution in [3.63, 3.8) is 0 Å². The lowest BCUT2D eigenvalue weighted by Crippen LogP contribution is -2.35. The molecule has 9 heteroatoms. The Kier molecular flexibility index (Phi) is 4.26. The molecule has 0 aliphatic carbocycles. The maximum Gasteiger partial charge on any atom is 0.331 e. The van der Waals surface area contributed by atoms with Crippen LogP contribution in [0.2, 0.25) is 0 Å². The van der Waals surface area contributed by atoms with Gasteiger partial charge in [0, 0.05) is 18.1 Å². The van der Waals surface area contributed by atoms with Crippen LogP contribution >= 0.6 is 0 Å². The van der Waals surface area contributed by atoms with Gasteiger partial charge in [0.1, 0.15) is 17.4 Å². The van der Waals surface area contributed by atoms with Gasteiger partial charge in [0.05, 0.1) is 18.8 Å². The number of hydrogen-bond donors (Lipinski definition) is 2. The number of carboxylic acids is 1. The average molecular weight is 338 g/mol. The van der Waals surface area contributed by atoms with Crippen molar-refractivity contribution in [1.82, 2.24) is 10.5 Å². The van der Waals surface area contributed by atoms with Crippen molar-refractivity contribution < 1.29 is 32.7 Å². The SMILES string of the molecule is O=C(NC(C(=O)O)c1ccc(F)cc1F)c1noc2c1COCC2. The number of fused-ring (bicyclic) bond motifs is 1. The summed E-state index contributed by atoms with van der Waals surface area (Å²) in [6.07, 6.45) is 0.449. The molecule has 0 fully saturated rings. The minimum atomic E-state index is -1.70. The number of carbonyl (C=O) groups excluding carboxylic acids is 1. The fourth-order valence-electron chi connectivity index (χ4n) is 2.41. The first-order valence-electron chi connectivity index (χ1n) is 7.01. The summed E-state index contributed by atoms with van der Waals surface area (Å²) < 4.78 is 37.0. The van der Waals surface area contributed by atoms with E-state index in [9.17, 15) is 23.5 Å². The van der Waals surface area contributed by atoms with Gasteiger partial charge in [-0.1, -0.05) is 11.2 Å². The van der Waals surface area contributed by atoms with Crippen molar-refractivity contribution in [2.75, 3.05) is 6.61 Å². The van der Waals surface area contributed by atoms with E-state index in [4.69, 9.17) is 9.26 Å². The van der Waals surface area contributed by atoms with Crippen LogP contribution in [0.1, 0.15) is 33.4 Å². The number of hydrogen-bond acceptors (Lipinski definition) is 5. The van der Waals surface area contributed by atoms with E-state index in [1.54, 1.807) is 0 Å². The molecule has 7 nitrogen and oxygen atoms in total. The van der Waals surface area contributed by atoms with Crippen molar-refractivity contribution >= 4 is 11.9 Å². The number of carboxylic acid groups (broad SMARTS) is 1. The number of amides is 1. The molecule has 0 radical (unpaired) electrons. The average Bonchev–Trinajstić information content (AvgIpc) is 2.97. The van der Waals surface area contributed by atoms with Crippen LogP contribution in [0.15, 0.2) is 22.7 Å². The van der Waals surface area contributed by atoms with Gasteiger partial charge in [0.25, 0.3) is 5.91 Å². The minimum Gasteiger partial charge on any atom is -0.479 e. The molecule has 0 bridgehead atoms. The van der Waals surface area contributed by atoms with Crippen LogP contribution in [0, 0.1) is 11.6 Å². The number of carbonyl (C=O) groups is 2. The maximum atomic E-state index is 13.8. The van der Waals surface area contributed by atoms with Gasteiger partial charge in [0.2, 0.25) is 0 Å². The minimum absolute atomic E-state index is 0.113. The summed E-state index contributed by atoms with van der Waals surface area (Å²) in [5.41, 5.74) is -0.0493. The summed E-state index contributed by atoms with van der Waals surface area (Å²) in [6, 6.07) is 0.718. The Balaban J connectivity index is 1.87. The summed E-state index contributed by atoms with van der Waals surface area (Å²) in [5, 5.41) is 15.1. The second-order valence-electron chi connectivity index (χ2n) is 5.15. The van der Waals surface area contributed by atoms with Crippen molar-refractivity contribution in [2.24, 2.45) is 0 Å². The lowest BCUT2D eigenvalue weighted by molar-refractivity contribution is -0.139. The summed E-state index contributed by atoms with van der Waals surface area (Å²) >= 11 is 0. The van der Waals surface area contributed by atoms with E-state index in [1.165, 1.54) is 0 Å². The van der Waals surface area contributed by atoms with Gasteiger partial charge in [-0.15, -0.1) is 0 Å². The zero-order valence-electron chi connectivity index (χ0n) is 12.2. The molecule has 1 amide bonds. The molecule has 1 aliphatic heterocycles. The fraction of sp³-hybridized carbons (Fsp3) is 0.267. The van der Waals surface area contributed by atoms with Crippen molar-refractivity contribution in [3.05, 3.63) is 52.4 Å². The number of aromatic nitrogens is 1. The Morgan fingerprint density at radius 3 is 2.83 bits per heavy atom. The number of halogens is 2. The second-order valence-corrected chi connectivity index (χ2v) is 5.15. The van der Waals surface area contributed by atoms with Gasteiger partial charge in [-0.2, -0.15) is 0 Å². The van der Waals surface area contributed by atoms with Crippen LogP contribution in [-0.4, -0.2) is 28.7 Å². The van der Waals surface area contributed by atoms with E-state index >= 15 is 0 Å². The quantitative estimate of drug-likeness (QED) is 0.878. The Labute approximate surface area is 134 Å². The highest BCUT2D eigenvalue weighted by molar-refractivity contribution is 5.96. The van der Waals surface area contributed by atoms with Crippen LogP contribution in [0.4, 0.5) is 8.78 Å². The third-order valence-corrected chi connectivity index (χ3v) is 3.60. The van der Waals surface area contributed by atoms with Gasteiger partial charge >= 0.3 is 5.97 Å². The van der Waals surface area contributed by atoms with Crippen LogP contribution in [0.5, 0.6) is 0 Å². The van der Waals surface area contributed by atoms with E-state index in [0.717, 1.165) is 12.1 Å². The highest BCUT2D eigenvalue weighted by atomic mass is 19.1.